The summed E-state index contributed by atoms with van der Waals surface area (Å²) in [6, 6.07) is 5.76. The number of benzene rings is 1. The molecule has 0 aliphatic rings. The first-order valence-electron chi connectivity index (χ1n) is 4.00. The molecule has 0 bridgehead atoms. The number of nitrogens with zero attached hydrogens (tertiary/aromatic N) is 1. The van der Waals surface area contributed by atoms with E-state index in [1.54, 1.807) is 13.2 Å². The number of hydrogen-bond donors (Lipinski definition) is 1. The minimum atomic E-state index is 0.422. The van der Waals surface area contributed by atoms with E-state index in [2.05, 4.69) is 6.07 Å². The van der Waals surface area contributed by atoms with Gasteiger partial charge in [0.1, 0.15) is 5.75 Å². The van der Waals surface area contributed by atoms with Crippen LogP contribution >= 0.6 is 0 Å². The Labute approximate surface area is 77.7 Å². The van der Waals surface area contributed by atoms with Gasteiger partial charge in [-0.15, -0.1) is 0 Å². The lowest BCUT2D eigenvalue weighted by atomic mass is 10.0. The van der Waals surface area contributed by atoms with Crippen LogP contribution in [0.2, 0.25) is 0 Å². The zero-order valence-electron chi connectivity index (χ0n) is 7.79. The molecule has 0 spiro atoms. The van der Waals surface area contributed by atoms with Crippen LogP contribution in [0.3, 0.4) is 0 Å². The summed E-state index contributed by atoms with van der Waals surface area (Å²) in [5, 5.41) is 8.81. The first kappa shape index (κ1) is 9.56. The van der Waals surface area contributed by atoms with E-state index >= 15 is 0 Å². The van der Waals surface area contributed by atoms with Crippen molar-refractivity contribution in [3.63, 3.8) is 0 Å². The Morgan fingerprint density at radius 2 is 2.23 bits per heavy atom. The maximum atomic E-state index is 8.81. The summed E-state index contributed by atoms with van der Waals surface area (Å²) < 4.78 is 5.12. The van der Waals surface area contributed by atoms with E-state index in [9.17, 15) is 0 Å². The predicted octanol–water partition coefficient (Wildman–Crippen LogP) is 1.33. The van der Waals surface area contributed by atoms with Gasteiger partial charge < -0.3 is 10.5 Å². The molecule has 0 aliphatic carbocycles. The lowest BCUT2D eigenvalue weighted by molar-refractivity contribution is 0.411. The van der Waals surface area contributed by atoms with Crippen molar-refractivity contribution in [1.29, 1.82) is 5.26 Å². The molecule has 13 heavy (non-hydrogen) atoms. The molecule has 1 aromatic carbocycles. The number of nitrogens with two attached hydrogens (primary N) is 1. The highest BCUT2D eigenvalue weighted by molar-refractivity contribution is 5.48. The summed E-state index contributed by atoms with van der Waals surface area (Å²) in [6.07, 6.45) is 0. The quantitative estimate of drug-likeness (QED) is 0.739. The summed E-state index contributed by atoms with van der Waals surface area (Å²) in [6.45, 7) is 2.28. The zero-order valence-corrected chi connectivity index (χ0v) is 7.79. The van der Waals surface area contributed by atoms with Crippen LogP contribution in [0, 0.1) is 18.3 Å². The van der Waals surface area contributed by atoms with Crippen LogP contribution in [0.4, 0.5) is 0 Å². The molecule has 2 N–H and O–H groups in total. The minimum absolute atomic E-state index is 0.422. The Bertz CT molecular complexity index is 353. The van der Waals surface area contributed by atoms with E-state index in [0.29, 0.717) is 12.1 Å². The van der Waals surface area contributed by atoms with Crippen LogP contribution < -0.4 is 10.5 Å². The van der Waals surface area contributed by atoms with E-state index < -0.39 is 0 Å². The lowest BCUT2D eigenvalue weighted by Gasteiger charge is -2.08. The van der Waals surface area contributed by atoms with E-state index in [0.717, 1.165) is 16.9 Å². The molecule has 0 unspecified atom stereocenters. The third-order valence-electron chi connectivity index (χ3n) is 2.00. The number of hydrogen-bond acceptors (Lipinski definition) is 3. The topological polar surface area (TPSA) is 59.0 Å². The Kier molecular flexibility index (Phi) is 2.88. The van der Waals surface area contributed by atoms with E-state index in [1.165, 1.54) is 0 Å². The molecular weight excluding hydrogens is 164 g/mol. The molecule has 0 saturated carbocycles. The predicted molar refractivity (Wildman–Crippen MR) is 50.3 cm³/mol. The second kappa shape index (κ2) is 3.92. The maximum absolute atomic E-state index is 8.81. The first-order valence-corrected chi connectivity index (χ1v) is 4.00. The Morgan fingerprint density at radius 3 is 2.69 bits per heavy atom. The molecule has 0 saturated heterocycles. The average molecular weight is 176 g/mol. The van der Waals surface area contributed by atoms with Gasteiger partial charge in [-0.3, -0.25) is 0 Å². The van der Waals surface area contributed by atoms with Gasteiger partial charge in [-0.2, -0.15) is 5.26 Å². The summed E-state index contributed by atoms with van der Waals surface area (Å²) in [7, 11) is 1.59. The van der Waals surface area contributed by atoms with Gasteiger partial charge in [0.25, 0.3) is 0 Å². The standard InChI is InChI=1S/C10H12N2O/c1-7-9(6-12)3-8(5-11)4-10(7)13-2/h3-4H,5,11H2,1-2H3. The van der Waals surface area contributed by atoms with Crippen molar-refractivity contribution in [2.45, 2.75) is 13.5 Å². The van der Waals surface area contributed by atoms with E-state index in [1.807, 2.05) is 13.0 Å². The Hall–Kier alpha value is -1.53. The number of ether oxygens (including phenoxy) is 1. The molecule has 0 amide bonds. The van der Waals surface area contributed by atoms with Crippen molar-refractivity contribution >= 4 is 0 Å². The molecular formula is C10H12N2O. The summed E-state index contributed by atoms with van der Waals surface area (Å²) in [5.74, 6) is 0.722. The molecule has 0 radical (unpaired) electrons. The van der Waals surface area contributed by atoms with Crippen LogP contribution in [0.5, 0.6) is 5.75 Å². The van der Waals surface area contributed by atoms with Gasteiger partial charge >= 0.3 is 0 Å². The van der Waals surface area contributed by atoms with E-state index in [4.69, 9.17) is 15.7 Å². The normalized spacial score (nSPS) is 9.38. The van der Waals surface area contributed by atoms with Gasteiger partial charge in [-0.1, -0.05) is 0 Å². The molecule has 1 rings (SSSR count). The van der Waals surface area contributed by atoms with Crippen molar-refractivity contribution in [3.05, 3.63) is 28.8 Å². The third-order valence-corrected chi connectivity index (χ3v) is 2.00. The van der Waals surface area contributed by atoms with Crippen LogP contribution in [0.25, 0.3) is 0 Å². The highest BCUT2D eigenvalue weighted by Crippen LogP contribution is 2.22. The first-order chi connectivity index (χ1) is 6.22. The van der Waals surface area contributed by atoms with Gasteiger partial charge in [0.05, 0.1) is 18.7 Å². The second-order valence-corrected chi connectivity index (χ2v) is 2.79. The Morgan fingerprint density at radius 1 is 1.54 bits per heavy atom. The van der Waals surface area contributed by atoms with Crippen molar-refractivity contribution in [2.75, 3.05) is 7.11 Å². The van der Waals surface area contributed by atoms with Gasteiger partial charge in [-0.05, 0) is 24.6 Å². The molecule has 1 aromatic rings. The van der Waals surface area contributed by atoms with Crippen LogP contribution in [0.15, 0.2) is 12.1 Å². The van der Waals surface area contributed by atoms with Crippen molar-refractivity contribution in [1.82, 2.24) is 0 Å². The lowest BCUT2D eigenvalue weighted by Crippen LogP contribution is -1.99. The molecule has 3 nitrogen and oxygen atoms in total. The fraction of sp³-hybridized carbons (Fsp3) is 0.300. The molecule has 0 aromatic heterocycles. The Balaban J connectivity index is 3.31. The monoisotopic (exact) mass is 176 g/mol. The number of nitriles is 1. The second-order valence-electron chi connectivity index (χ2n) is 2.79. The maximum Gasteiger partial charge on any atom is 0.123 e. The van der Waals surface area contributed by atoms with Crippen LogP contribution in [-0.2, 0) is 6.54 Å². The van der Waals surface area contributed by atoms with Crippen molar-refractivity contribution in [3.8, 4) is 11.8 Å². The van der Waals surface area contributed by atoms with Crippen molar-refractivity contribution < 1.29 is 4.74 Å². The minimum Gasteiger partial charge on any atom is -0.496 e. The molecule has 0 atom stereocenters. The van der Waals surface area contributed by atoms with E-state index in [-0.39, 0.29) is 0 Å². The molecule has 0 fully saturated rings. The van der Waals surface area contributed by atoms with Gasteiger partial charge in [0.15, 0.2) is 0 Å². The molecule has 0 aliphatic heterocycles. The zero-order chi connectivity index (χ0) is 9.84. The fourth-order valence-electron chi connectivity index (χ4n) is 1.19. The number of methoxy groups -OCH3 is 1. The van der Waals surface area contributed by atoms with Crippen molar-refractivity contribution in [2.24, 2.45) is 5.73 Å². The molecule has 68 valence electrons. The molecule has 3 heteroatoms. The third kappa shape index (κ3) is 1.79. The summed E-state index contributed by atoms with van der Waals surface area (Å²) in [4.78, 5) is 0. The SMILES string of the molecule is COc1cc(CN)cc(C#N)c1C. The van der Waals surface area contributed by atoms with Gasteiger partial charge in [0, 0.05) is 12.1 Å². The molecule has 0 heterocycles. The van der Waals surface area contributed by atoms with Crippen LogP contribution in [-0.4, -0.2) is 7.11 Å². The largest absolute Gasteiger partial charge is 0.496 e. The highest BCUT2D eigenvalue weighted by Gasteiger charge is 2.05. The van der Waals surface area contributed by atoms with Crippen LogP contribution in [0.1, 0.15) is 16.7 Å². The summed E-state index contributed by atoms with van der Waals surface area (Å²) >= 11 is 0. The fourth-order valence-corrected chi connectivity index (χ4v) is 1.19. The smallest absolute Gasteiger partial charge is 0.123 e. The number of rotatable bonds is 2. The average Bonchev–Trinajstić information content (AvgIpc) is 2.18. The highest BCUT2D eigenvalue weighted by atomic mass is 16.5. The van der Waals surface area contributed by atoms with Gasteiger partial charge in [-0.25, -0.2) is 0 Å². The van der Waals surface area contributed by atoms with Gasteiger partial charge in [0.2, 0.25) is 0 Å². The summed E-state index contributed by atoms with van der Waals surface area (Å²) in [5.41, 5.74) is 7.89.